The van der Waals surface area contributed by atoms with E-state index < -0.39 is 8.80 Å². The molecule has 0 N–H and O–H groups in total. The first-order valence-corrected chi connectivity index (χ1v) is 6.56. The quantitative estimate of drug-likeness (QED) is 0.712. The van der Waals surface area contributed by atoms with Crippen molar-refractivity contribution < 1.29 is 13.3 Å². The normalized spacial score (nSPS) is 11.1. The Balaban J connectivity index is 3.10. The third-order valence-electron chi connectivity index (χ3n) is 2.37. The standard InChI is InChI=1S/C11H15NO3Si/c1-13-16(14-2,15-3)11-6-4-5-10(9-11)7-8-12/h4-6,9H,7H2,1-3H3. The summed E-state index contributed by atoms with van der Waals surface area (Å²) in [5, 5.41) is 9.52. The van der Waals surface area contributed by atoms with Gasteiger partial charge in [0.2, 0.25) is 0 Å². The van der Waals surface area contributed by atoms with Crippen LogP contribution in [0.1, 0.15) is 5.56 Å². The van der Waals surface area contributed by atoms with Crippen molar-refractivity contribution in [3.63, 3.8) is 0 Å². The minimum absolute atomic E-state index is 0.370. The molecule has 1 aromatic rings. The van der Waals surface area contributed by atoms with Gasteiger partial charge in [-0.3, -0.25) is 0 Å². The van der Waals surface area contributed by atoms with Crippen molar-refractivity contribution >= 4 is 14.0 Å². The SMILES string of the molecule is CO[Si](OC)(OC)c1cccc(CC#N)c1. The number of hydrogen-bond donors (Lipinski definition) is 0. The highest BCUT2D eigenvalue weighted by molar-refractivity contribution is 6.75. The van der Waals surface area contributed by atoms with E-state index in [1.54, 1.807) is 21.3 Å². The molecule has 1 rings (SSSR count). The molecule has 0 heterocycles. The first kappa shape index (κ1) is 12.9. The van der Waals surface area contributed by atoms with Crippen molar-refractivity contribution in [3.05, 3.63) is 29.8 Å². The molecule has 0 spiro atoms. The van der Waals surface area contributed by atoms with E-state index in [2.05, 4.69) is 6.07 Å². The predicted octanol–water partition coefficient (Wildman–Crippen LogP) is 0.838. The number of hydrogen-bond acceptors (Lipinski definition) is 4. The Kier molecular flexibility index (Phi) is 4.64. The minimum atomic E-state index is -2.76. The lowest BCUT2D eigenvalue weighted by atomic mass is 10.2. The third kappa shape index (κ3) is 2.48. The van der Waals surface area contributed by atoms with E-state index in [4.69, 9.17) is 18.5 Å². The second-order valence-corrected chi connectivity index (χ2v) is 6.12. The molecule has 0 aliphatic heterocycles. The fraction of sp³-hybridized carbons (Fsp3) is 0.364. The second kappa shape index (κ2) is 5.77. The first-order chi connectivity index (χ1) is 7.72. The maximum atomic E-state index is 8.65. The monoisotopic (exact) mass is 237 g/mol. The van der Waals surface area contributed by atoms with Gasteiger partial charge in [0.25, 0.3) is 0 Å². The Morgan fingerprint density at radius 2 is 1.81 bits per heavy atom. The molecule has 86 valence electrons. The van der Waals surface area contributed by atoms with E-state index in [0.717, 1.165) is 10.8 Å². The molecule has 0 radical (unpaired) electrons. The van der Waals surface area contributed by atoms with Gasteiger partial charge in [-0.25, -0.2) is 0 Å². The fourth-order valence-electron chi connectivity index (χ4n) is 1.57. The van der Waals surface area contributed by atoms with E-state index in [1.165, 1.54) is 0 Å². The zero-order chi connectivity index (χ0) is 12.0. The average Bonchev–Trinajstić information content (AvgIpc) is 2.33. The molecule has 4 nitrogen and oxygen atoms in total. The Labute approximate surface area is 96.7 Å². The van der Waals surface area contributed by atoms with Crippen LogP contribution in [0.5, 0.6) is 0 Å². The Bertz CT molecular complexity index is 377. The van der Waals surface area contributed by atoms with Gasteiger partial charge >= 0.3 is 8.80 Å². The van der Waals surface area contributed by atoms with Crippen LogP contribution in [0.25, 0.3) is 0 Å². The summed E-state index contributed by atoms with van der Waals surface area (Å²) in [6.45, 7) is 0. The van der Waals surface area contributed by atoms with Crippen LogP contribution in [0.2, 0.25) is 0 Å². The summed E-state index contributed by atoms with van der Waals surface area (Å²) in [7, 11) is 1.93. The Morgan fingerprint density at radius 3 is 2.31 bits per heavy atom. The summed E-state index contributed by atoms with van der Waals surface area (Å²) in [6, 6.07) is 9.67. The van der Waals surface area contributed by atoms with E-state index in [0.29, 0.717) is 6.42 Å². The van der Waals surface area contributed by atoms with Crippen molar-refractivity contribution in [3.8, 4) is 6.07 Å². The van der Waals surface area contributed by atoms with E-state index in [-0.39, 0.29) is 0 Å². The smallest absolute Gasteiger partial charge is 0.373 e. The molecule has 0 aromatic heterocycles. The van der Waals surface area contributed by atoms with Crippen molar-refractivity contribution in [2.45, 2.75) is 6.42 Å². The second-order valence-electron chi connectivity index (χ2n) is 3.20. The fourth-order valence-corrected chi connectivity index (χ4v) is 3.44. The molecule has 16 heavy (non-hydrogen) atoms. The maximum absolute atomic E-state index is 8.65. The van der Waals surface area contributed by atoms with Crippen molar-refractivity contribution in [2.24, 2.45) is 0 Å². The number of nitrogens with zero attached hydrogens (tertiary/aromatic N) is 1. The molecule has 0 fully saturated rings. The van der Waals surface area contributed by atoms with Crippen molar-refractivity contribution in [1.29, 1.82) is 5.26 Å². The van der Waals surface area contributed by atoms with E-state index >= 15 is 0 Å². The summed E-state index contributed by atoms with van der Waals surface area (Å²) in [4.78, 5) is 0. The highest BCUT2D eigenvalue weighted by Crippen LogP contribution is 2.08. The van der Waals surface area contributed by atoms with Crippen LogP contribution in [0.3, 0.4) is 0 Å². The van der Waals surface area contributed by atoms with Gasteiger partial charge in [-0.1, -0.05) is 24.3 Å². The Morgan fingerprint density at radius 1 is 1.19 bits per heavy atom. The lowest BCUT2D eigenvalue weighted by Gasteiger charge is -2.24. The molecule has 0 saturated heterocycles. The van der Waals surface area contributed by atoms with Gasteiger partial charge in [-0.2, -0.15) is 5.26 Å². The molecule has 0 bridgehead atoms. The van der Waals surface area contributed by atoms with Gasteiger partial charge in [-0.15, -0.1) is 0 Å². The topological polar surface area (TPSA) is 51.5 Å². The predicted molar refractivity (Wildman–Crippen MR) is 62.2 cm³/mol. The zero-order valence-electron chi connectivity index (χ0n) is 9.69. The average molecular weight is 237 g/mol. The largest absolute Gasteiger partial charge is 0.536 e. The molecule has 0 unspecified atom stereocenters. The van der Waals surface area contributed by atoms with Gasteiger partial charge in [-0.05, 0) is 5.56 Å². The van der Waals surface area contributed by atoms with Crippen LogP contribution in [0, 0.1) is 11.3 Å². The molecule has 0 amide bonds. The molecular formula is C11H15NO3Si. The lowest BCUT2D eigenvalue weighted by molar-refractivity contribution is 0.140. The molecule has 0 saturated carbocycles. The Hall–Kier alpha value is -1.19. The van der Waals surface area contributed by atoms with Gasteiger partial charge in [0.1, 0.15) is 0 Å². The number of rotatable bonds is 5. The minimum Gasteiger partial charge on any atom is -0.373 e. The molecule has 0 aliphatic rings. The highest BCUT2D eigenvalue weighted by Gasteiger charge is 2.40. The highest BCUT2D eigenvalue weighted by atomic mass is 28.4. The number of nitriles is 1. The molecular weight excluding hydrogens is 222 g/mol. The van der Waals surface area contributed by atoms with E-state index in [1.807, 2.05) is 24.3 Å². The number of benzene rings is 1. The molecule has 5 heteroatoms. The van der Waals surface area contributed by atoms with Gasteiger partial charge in [0.15, 0.2) is 0 Å². The molecule has 0 atom stereocenters. The van der Waals surface area contributed by atoms with Gasteiger partial charge < -0.3 is 13.3 Å². The van der Waals surface area contributed by atoms with Crippen LogP contribution < -0.4 is 5.19 Å². The van der Waals surface area contributed by atoms with Gasteiger partial charge in [0, 0.05) is 26.5 Å². The summed E-state index contributed by atoms with van der Waals surface area (Å²) >= 11 is 0. The zero-order valence-corrected chi connectivity index (χ0v) is 10.7. The summed E-state index contributed by atoms with van der Waals surface area (Å²) in [6.07, 6.45) is 0.370. The summed E-state index contributed by atoms with van der Waals surface area (Å²) < 4.78 is 16.1. The van der Waals surface area contributed by atoms with Crippen molar-refractivity contribution in [1.82, 2.24) is 0 Å². The van der Waals surface area contributed by atoms with Crippen LogP contribution in [-0.2, 0) is 19.7 Å². The summed E-state index contributed by atoms with van der Waals surface area (Å²) in [5.74, 6) is 0. The third-order valence-corrected chi connectivity index (χ3v) is 5.00. The van der Waals surface area contributed by atoms with Crippen LogP contribution in [0.15, 0.2) is 24.3 Å². The van der Waals surface area contributed by atoms with Crippen molar-refractivity contribution in [2.75, 3.05) is 21.3 Å². The van der Waals surface area contributed by atoms with Gasteiger partial charge in [0.05, 0.1) is 12.5 Å². The lowest BCUT2D eigenvalue weighted by Crippen LogP contribution is -2.54. The molecule has 1 aromatic carbocycles. The summed E-state index contributed by atoms with van der Waals surface area (Å²) in [5.41, 5.74) is 0.933. The maximum Gasteiger partial charge on any atom is 0.536 e. The first-order valence-electron chi connectivity index (χ1n) is 4.84. The van der Waals surface area contributed by atoms with E-state index in [9.17, 15) is 0 Å². The van der Waals surface area contributed by atoms with Crippen LogP contribution >= 0.6 is 0 Å². The van der Waals surface area contributed by atoms with Crippen LogP contribution in [-0.4, -0.2) is 30.1 Å². The van der Waals surface area contributed by atoms with Crippen LogP contribution in [0.4, 0.5) is 0 Å². The molecule has 0 aliphatic carbocycles.